The zero-order valence-corrected chi connectivity index (χ0v) is 7.71. The van der Waals surface area contributed by atoms with Gasteiger partial charge in [-0.15, -0.1) is 11.3 Å². The number of thiophene rings is 1. The van der Waals surface area contributed by atoms with E-state index in [1.165, 1.54) is 16.2 Å². The SMILES string of the molecule is N#C/C=C/c1cc2ccccc2s1. The van der Waals surface area contributed by atoms with Crippen LogP contribution in [-0.2, 0) is 0 Å². The van der Waals surface area contributed by atoms with Crippen LogP contribution in [0.2, 0.25) is 0 Å². The highest BCUT2D eigenvalue weighted by Crippen LogP contribution is 2.25. The van der Waals surface area contributed by atoms with Gasteiger partial charge in [0.15, 0.2) is 0 Å². The summed E-state index contributed by atoms with van der Waals surface area (Å²) in [5, 5.41) is 9.61. The second-order valence-electron chi connectivity index (χ2n) is 2.65. The lowest BCUT2D eigenvalue weighted by Gasteiger charge is -1.82. The first-order chi connectivity index (χ1) is 6.40. The first-order valence-corrected chi connectivity index (χ1v) is 4.76. The molecular weight excluding hydrogens is 178 g/mol. The molecule has 0 atom stereocenters. The smallest absolute Gasteiger partial charge is 0.0912 e. The van der Waals surface area contributed by atoms with E-state index in [4.69, 9.17) is 5.26 Å². The summed E-state index contributed by atoms with van der Waals surface area (Å²) in [5.41, 5.74) is 0. The number of hydrogen-bond donors (Lipinski definition) is 0. The quantitative estimate of drug-likeness (QED) is 0.624. The Morgan fingerprint density at radius 2 is 2.15 bits per heavy atom. The molecule has 1 heterocycles. The Bertz CT molecular complexity index is 455. The van der Waals surface area contributed by atoms with Crippen LogP contribution >= 0.6 is 11.3 Å². The van der Waals surface area contributed by atoms with Crippen LogP contribution in [0, 0.1) is 11.3 Å². The van der Waals surface area contributed by atoms with Crippen molar-refractivity contribution >= 4 is 27.5 Å². The molecule has 2 rings (SSSR count). The van der Waals surface area contributed by atoms with Gasteiger partial charge in [-0.05, 0) is 23.6 Å². The molecule has 62 valence electrons. The summed E-state index contributed by atoms with van der Waals surface area (Å²) in [5.74, 6) is 0. The van der Waals surface area contributed by atoms with Gasteiger partial charge in [0.05, 0.1) is 6.07 Å². The molecule has 0 aliphatic rings. The van der Waals surface area contributed by atoms with E-state index in [0.717, 1.165) is 4.88 Å². The summed E-state index contributed by atoms with van der Waals surface area (Å²) in [6.07, 6.45) is 3.34. The average molecular weight is 185 g/mol. The second-order valence-corrected chi connectivity index (χ2v) is 3.76. The third-order valence-corrected chi connectivity index (χ3v) is 2.85. The molecule has 0 saturated heterocycles. The average Bonchev–Trinajstić information content (AvgIpc) is 2.57. The number of hydrogen-bond acceptors (Lipinski definition) is 2. The fourth-order valence-electron chi connectivity index (χ4n) is 1.20. The highest BCUT2D eigenvalue weighted by Gasteiger charge is 1.96. The van der Waals surface area contributed by atoms with Crippen LogP contribution in [0.5, 0.6) is 0 Å². The molecule has 0 bridgehead atoms. The predicted molar refractivity (Wildman–Crippen MR) is 56.5 cm³/mol. The number of fused-ring (bicyclic) bond motifs is 1. The standard InChI is InChI=1S/C11H7NS/c12-7-3-5-10-8-9-4-1-2-6-11(9)13-10/h1-6,8H/b5-3+. The van der Waals surface area contributed by atoms with E-state index in [1.54, 1.807) is 11.3 Å². The van der Waals surface area contributed by atoms with Gasteiger partial charge in [-0.3, -0.25) is 0 Å². The van der Waals surface area contributed by atoms with Crippen molar-refractivity contribution in [3.05, 3.63) is 41.3 Å². The lowest BCUT2D eigenvalue weighted by molar-refractivity contribution is 1.54. The Balaban J connectivity index is 2.51. The minimum absolute atomic E-state index is 1.13. The molecule has 1 aromatic heterocycles. The van der Waals surface area contributed by atoms with Crippen molar-refractivity contribution in [1.82, 2.24) is 0 Å². The lowest BCUT2D eigenvalue weighted by atomic mass is 10.2. The summed E-state index contributed by atoms with van der Waals surface area (Å²) >= 11 is 1.70. The number of allylic oxidation sites excluding steroid dienone is 1. The molecule has 2 aromatic rings. The summed E-state index contributed by atoms with van der Waals surface area (Å²) in [4.78, 5) is 1.13. The van der Waals surface area contributed by atoms with Gasteiger partial charge in [0.2, 0.25) is 0 Å². The van der Waals surface area contributed by atoms with Gasteiger partial charge >= 0.3 is 0 Å². The first kappa shape index (κ1) is 8.03. The van der Waals surface area contributed by atoms with E-state index in [9.17, 15) is 0 Å². The Hall–Kier alpha value is -1.59. The number of rotatable bonds is 1. The van der Waals surface area contributed by atoms with Gasteiger partial charge in [0, 0.05) is 15.7 Å². The Kier molecular flexibility index (Phi) is 2.11. The zero-order chi connectivity index (χ0) is 9.10. The van der Waals surface area contributed by atoms with Crippen molar-refractivity contribution in [1.29, 1.82) is 5.26 Å². The van der Waals surface area contributed by atoms with Crippen LogP contribution in [0.25, 0.3) is 16.2 Å². The topological polar surface area (TPSA) is 23.8 Å². The van der Waals surface area contributed by atoms with Crippen molar-refractivity contribution in [2.45, 2.75) is 0 Å². The third-order valence-electron chi connectivity index (χ3n) is 1.77. The second kappa shape index (κ2) is 3.42. The molecule has 0 aliphatic carbocycles. The number of nitriles is 1. The van der Waals surface area contributed by atoms with E-state index in [-0.39, 0.29) is 0 Å². The van der Waals surface area contributed by atoms with E-state index in [0.29, 0.717) is 0 Å². The summed E-state index contributed by atoms with van der Waals surface area (Å²) in [6, 6.07) is 12.3. The molecule has 0 saturated carbocycles. The maximum Gasteiger partial charge on any atom is 0.0912 e. The monoisotopic (exact) mass is 185 g/mol. The van der Waals surface area contributed by atoms with Gasteiger partial charge < -0.3 is 0 Å². The maximum atomic E-state index is 8.37. The van der Waals surface area contributed by atoms with Gasteiger partial charge in [0.1, 0.15) is 0 Å². The van der Waals surface area contributed by atoms with Gasteiger partial charge in [-0.1, -0.05) is 18.2 Å². The van der Waals surface area contributed by atoms with Crippen LogP contribution in [0.1, 0.15) is 4.88 Å². The zero-order valence-electron chi connectivity index (χ0n) is 6.90. The minimum atomic E-state index is 1.13. The molecule has 0 radical (unpaired) electrons. The van der Waals surface area contributed by atoms with Crippen LogP contribution < -0.4 is 0 Å². The van der Waals surface area contributed by atoms with Gasteiger partial charge in [-0.2, -0.15) is 5.26 Å². The maximum absolute atomic E-state index is 8.37. The Labute approximate surface area is 80.6 Å². The molecule has 0 N–H and O–H groups in total. The predicted octanol–water partition coefficient (Wildman–Crippen LogP) is 3.44. The highest BCUT2D eigenvalue weighted by molar-refractivity contribution is 7.19. The summed E-state index contributed by atoms with van der Waals surface area (Å²) in [7, 11) is 0. The third kappa shape index (κ3) is 1.61. The van der Waals surface area contributed by atoms with Gasteiger partial charge in [0.25, 0.3) is 0 Å². The highest BCUT2D eigenvalue weighted by atomic mass is 32.1. The minimum Gasteiger partial charge on any atom is -0.193 e. The van der Waals surface area contributed by atoms with Crippen molar-refractivity contribution in [3.63, 3.8) is 0 Å². The Morgan fingerprint density at radius 1 is 1.31 bits per heavy atom. The largest absolute Gasteiger partial charge is 0.193 e. The van der Waals surface area contributed by atoms with Crippen molar-refractivity contribution in [3.8, 4) is 6.07 Å². The van der Waals surface area contributed by atoms with Crippen LogP contribution in [0.15, 0.2) is 36.4 Å². The molecule has 0 fully saturated rings. The van der Waals surface area contributed by atoms with Crippen LogP contribution in [-0.4, -0.2) is 0 Å². The molecule has 0 unspecified atom stereocenters. The van der Waals surface area contributed by atoms with Crippen molar-refractivity contribution in [2.75, 3.05) is 0 Å². The van der Waals surface area contributed by atoms with E-state index < -0.39 is 0 Å². The fourth-order valence-corrected chi connectivity index (χ4v) is 2.17. The molecule has 2 heteroatoms. The molecule has 0 aliphatic heterocycles. The first-order valence-electron chi connectivity index (χ1n) is 3.95. The summed E-state index contributed by atoms with van der Waals surface area (Å²) in [6.45, 7) is 0. The van der Waals surface area contributed by atoms with Gasteiger partial charge in [-0.25, -0.2) is 0 Å². The van der Waals surface area contributed by atoms with E-state index in [2.05, 4.69) is 18.2 Å². The summed E-state index contributed by atoms with van der Waals surface area (Å²) < 4.78 is 1.26. The van der Waals surface area contributed by atoms with Crippen molar-refractivity contribution in [2.24, 2.45) is 0 Å². The lowest BCUT2D eigenvalue weighted by Crippen LogP contribution is -1.57. The Morgan fingerprint density at radius 3 is 2.92 bits per heavy atom. The molecule has 13 heavy (non-hydrogen) atoms. The molecule has 1 aromatic carbocycles. The molecule has 1 nitrogen and oxygen atoms in total. The van der Waals surface area contributed by atoms with Crippen LogP contribution in [0.4, 0.5) is 0 Å². The molecule has 0 spiro atoms. The fraction of sp³-hybridized carbons (Fsp3) is 0. The normalized spacial score (nSPS) is 10.7. The molecule has 0 amide bonds. The van der Waals surface area contributed by atoms with Crippen LogP contribution in [0.3, 0.4) is 0 Å². The van der Waals surface area contributed by atoms with Crippen molar-refractivity contribution < 1.29 is 0 Å². The number of benzene rings is 1. The van der Waals surface area contributed by atoms with E-state index in [1.807, 2.05) is 24.3 Å². The number of nitrogens with zero attached hydrogens (tertiary/aromatic N) is 1. The van der Waals surface area contributed by atoms with E-state index >= 15 is 0 Å². The molecular formula is C11H7NS.